The quantitative estimate of drug-likeness (QED) is 0.731. The molecule has 103 valence electrons. The van der Waals surface area contributed by atoms with Crippen LogP contribution < -0.4 is 0 Å². The summed E-state index contributed by atoms with van der Waals surface area (Å²) in [5.41, 5.74) is -0.635. The molecule has 0 saturated heterocycles. The van der Waals surface area contributed by atoms with Crippen molar-refractivity contribution in [1.82, 2.24) is 5.06 Å². The lowest BCUT2D eigenvalue weighted by atomic mass is 9.83. The molecule has 0 N–H and O–H groups in total. The summed E-state index contributed by atoms with van der Waals surface area (Å²) in [4.78, 5) is 0. The van der Waals surface area contributed by atoms with Crippen LogP contribution in [0.15, 0.2) is 0 Å². The van der Waals surface area contributed by atoms with Gasteiger partial charge < -0.3 is 0 Å². The number of rotatable bonds is 4. The van der Waals surface area contributed by atoms with Crippen molar-refractivity contribution >= 4 is 10.8 Å². The Hall–Kier alpha value is 0.0700. The Labute approximate surface area is 109 Å². The van der Waals surface area contributed by atoms with E-state index in [2.05, 4.69) is 0 Å². The van der Waals surface area contributed by atoms with Crippen molar-refractivity contribution in [3.05, 3.63) is 0 Å². The molecule has 3 atom stereocenters. The minimum Gasteiger partial charge on any atom is -0.259 e. The minimum atomic E-state index is -0.945. The molecule has 0 aliphatic rings. The van der Waals surface area contributed by atoms with Crippen LogP contribution in [0, 0.1) is 5.41 Å². The van der Waals surface area contributed by atoms with E-state index in [1.165, 1.54) is 0 Å². The lowest BCUT2D eigenvalue weighted by molar-refractivity contribution is -0.256. The predicted octanol–water partition coefficient (Wildman–Crippen LogP) is 3.00. The maximum atomic E-state index is 12.5. The van der Waals surface area contributed by atoms with Crippen LogP contribution in [0.25, 0.3) is 0 Å². The van der Waals surface area contributed by atoms with Crippen LogP contribution in [0.5, 0.6) is 0 Å². The zero-order chi connectivity index (χ0) is 14.0. The first-order valence-corrected chi connectivity index (χ1v) is 7.64. The van der Waals surface area contributed by atoms with Crippen molar-refractivity contribution in [1.29, 1.82) is 0 Å². The molecule has 0 aromatic rings. The molecule has 0 fully saturated rings. The first-order valence-electron chi connectivity index (χ1n) is 6.26. The summed E-state index contributed by atoms with van der Waals surface area (Å²) in [6, 6.07) is -0.233. The molecule has 0 bridgehead atoms. The van der Waals surface area contributed by atoms with E-state index >= 15 is 0 Å². The second kappa shape index (κ2) is 5.81. The lowest BCUT2D eigenvalue weighted by Crippen LogP contribution is -2.56. The summed E-state index contributed by atoms with van der Waals surface area (Å²) in [5, 5.41) is 13.5. The molecule has 1 unspecified atom stereocenters. The van der Waals surface area contributed by atoms with Crippen LogP contribution >= 0.6 is 0 Å². The average Bonchev–Trinajstić information content (AvgIpc) is 2.12. The number of hydroxylamine groups is 2. The maximum Gasteiger partial charge on any atom is 0.0578 e. The highest BCUT2D eigenvalue weighted by Crippen LogP contribution is 2.32. The smallest absolute Gasteiger partial charge is 0.0578 e. The molecule has 0 rings (SSSR count). The van der Waals surface area contributed by atoms with E-state index in [-0.39, 0.29) is 16.7 Å². The van der Waals surface area contributed by atoms with E-state index in [9.17, 15) is 9.42 Å². The molecule has 0 aliphatic heterocycles. The summed E-state index contributed by atoms with van der Waals surface area (Å²) in [5.74, 6) is 0.603. The molecule has 0 aromatic carbocycles. The Balaban J connectivity index is 5.24. The molecule has 0 spiro atoms. The van der Waals surface area contributed by atoms with Gasteiger partial charge in [-0.25, -0.2) is 0 Å². The van der Waals surface area contributed by atoms with Crippen molar-refractivity contribution in [2.75, 3.05) is 5.75 Å². The topological polar surface area (TPSA) is 40.2 Å². The van der Waals surface area contributed by atoms with Gasteiger partial charge in [0.15, 0.2) is 0 Å². The van der Waals surface area contributed by atoms with E-state index in [1.807, 2.05) is 55.4 Å². The molecule has 1 radical (unpaired) electrons. The van der Waals surface area contributed by atoms with Crippen LogP contribution in [-0.2, 0) is 16.0 Å². The van der Waals surface area contributed by atoms with E-state index < -0.39 is 16.3 Å². The lowest BCUT2D eigenvalue weighted by Gasteiger charge is -2.43. The molecular formula is C13H28NO2S. The van der Waals surface area contributed by atoms with Gasteiger partial charge >= 0.3 is 0 Å². The van der Waals surface area contributed by atoms with E-state index in [0.29, 0.717) is 5.75 Å². The molecule has 0 aliphatic carbocycles. The Morgan fingerprint density at radius 2 is 1.53 bits per heavy atom. The SMILES string of the molecule is CC[S@](=O)[C@@H](C)C(N([O])C(C)(C)C)C(C)(C)C. The molecule has 0 amide bonds. The number of hydrogen-bond acceptors (Lipinski definition) is 2. The van der Waals surface area contributed by atoms with Gasteiger partial charge in [-0.1, -0.05) is 27.7 Å². The van der Waals surface area contributed by atoms with Crippen LogP contribution in [0.1, 0.15) is 55.4 Å². The van der Waals surface area contributed by atoms with Crippen molar-refractivity contribution < 1.29 is 9.42 Å². The predicted molar refractivity (Wildman–Crippen MR) is 73.7 cm³/mol. The van der Waals surface area contributed by atoms with Gasteiger partial charge in [0.2, 0.25) is 0 Å². The largest absolute Gasteiger partial charge is 0.259 e. The van der Waals surface area contributed by atoms with E-state index in [1.54, 1.807) is 0 Å². The highest BCUT2D eigenvalue weighted by Gasteiger charge is 2.42. The number of hydrogen-bond donors (Lipinski definition) is 0. The fourth-order valence-corrected chi connectivity index (χ4v) is 3.40. The van der Waals surface area contributed by atoms with Crippen molar-refractivity contribution in [3.63, 3.8) is 0 Å². The Morgan fingerprint density at radius 1 is 1.12 bits per heavy atom. The summed E-state index contributed by atoms with van der Waals surface area (Å²) in [7, 11) is -0.945. The van der Waals surface area contributed by atoms with E-state index in [4.69, 9.17) is 0 Å². The standard InChI is InChI=1S/C13H28NO2S/c1-9-17(16)10(2)11(12(3,4)5)14(15)13(6,7)8/h10-11H,9H2,1-8H3/t10-,11?,17-/m0/s1. The molecule has 0 aromatic heterocycles. The number of nitrogens with zero attached hydrogens (tertiary/aromatic N) is 1. The van der Waals surface area contributed by atoms with Crippen LogP contribution in [0.2, 0.25) is 0 Å². The van der Waals surface area contributed by atoms with Gasteiger partial charge in [-0.2, -0.15) is 0 Å². The molecule has 0 saturated carbocycles. The van der Waals surface area contributed by atoms with Gasteiger partial charge in [0, 0.05) is 22.1 Å². The molecule has 17 heavy (non-hydrogen) atoms. The Kier molecular flexibility index (Phi) is 5.83. The van der Waals surface area contributed by atoms with Gasteiger partial charge in [-0.05, 0) is 33.1 Å². The zero-order valence-electron chi connectivity index (χ0n) is 12.5. The average molecular weight is 262 g/mol. The van der Waals surface area contributed by atoms with Gasteiger partial charge in [-0.3, -0.25) is 4.21 Å². The van der Waals surface area contributed by atoms with Crippen LogP contribution in [0.3, 0.4) is 0 Å². The van der Waals surface area contributed by atoms with Crippen LogP contribution in [0.4, 0.5) is 0 Å². The third-order valence-corrected chi connectivity index (χ3v) is 4.60. The monoisotopic (exact) mass is 262 g/mol. The van der Waals surface area contributed by atoms with Crippen LogP contribution in [-0.4, -0.2) is 31.9 Å². The van der Waals surface area contributed by atoms with Crippen molar-refractivity contribution in [2.24, 2.45) is 5.41 Å². The van der Waals surface area contributed by atoms with E-state index in [0.717, 1.165) is 5.06 Å². The Bertz CT molecular complexity index is 266. The van der Waals surface area contributed by atoms with Gasteiger partial charge in [0.1, 0.15) is 0 Å². The fourth-order valence-electron chi connectivity index (χ4n) is 2.07. The first kappa shape index (κ1) is 17.1. The molecule has 4 heteroatoms. The summed E-state index contributed by atoms with van der Waals surface area (Å²) in [6.07, 6.45) is 0. The zero-order valence-corrected chi connectivity index (χ0v) is 13.4. The second-order valence-electron chi connectivity index (χ2n) is 6.68. The summed E-state index contributed by atoms with van der Waals surface area (Å²) in [6.45, 7) is 15.7. The van der Waals surface area contributed by atoms with Gasteiger partial charge in [0.05, 0.1) is 11.3 Å². The minimum absolute atomic E-state index is 0.114. The highest BCUT2D eigenvalue weighted by atomic mass is 32.2. The third kappa shape index (κ3) is 4.68. The normalized spacial score (nSPS) is 19.2. The first-order chi connectivity index (χ1) is 7.42. The summed E-state index contributed by atoms with van der Waals surface area (Å²) >= 11 is 0. The molecule has 0 heterocycles. The van der Waals surface area contributed by atoms with Gasteiger partial charge in [-0.15, -0.1) is 10.3 Å². The second-order valence-corrected chi connectivity index (χ2v) is 8.76. The third-order valence-electron chi connectivity index (χ3n) is 2.94. The molecule has 3 nitrogen and oxygen atoms in total. The fraction of sp³-hybridized carbons (Fsp3) is 1.00. The van der Waals surface area contributed by atoms with Crippen molar-refractivity contribution in [3.8, 4) is 0 Å². The van der Waals surface area contributed by atoms with Crippen molar-refractivity contribution in [2.45, 2.75) is 72.2 Å². The Morgan fingerprint density at radius 3 is 1.76 bits per heavy atom. The molecular weight excluding hydrogens is 234 g/mol. The summed E-state index contributed by atoms with van der Waals surface area (Å²) < 4.78 is 12.0. The van der Waals surface area contributed by atoms with Gasteiger partial charge in [0.25, 0.3) is 0 Å². The highest BCUT2D eigenvalue weighted by molar-refractivity contribution is 7.85. The maximum absolute atomic E-state index is 12.5.